The number of amides is 1. The molecule has 4 rings (SSSR count). The molecule has 2 aromatic rings. The van der Waals surface area contributed by atoms with Crippen LogP contribution in [0.4, 0.5) is 0 Å². The van der Waals surface area contributed by atoms with Gasteiger partial charge in [0.25, 0.3) is 0 Å². The van der Waals surface area contributed by atoms with Gasteiger partial charge in [-0.05, 0) is 38.6 Å². The summed E-state index contributed by atoms with van der Waals surface area (Å²) in [6.07, 6.45) is 0.779. The van der Waals surface area contributed by atoms with Crippen molar-refractivity contribution in [3.63, 3.8) is 0 Å². The molecule has 28 heavy (non-hydrogen) atoms. The molecule has 5 nitrogen and oxygen atoms in total. The predicted molar refractivity (Wildman–Crippen MR) is 112 cm³/mol. The Morgan fingerprint density at radius 3 is 2.36 bits per heavy atom. The third kappa shape index (κ3) is 3.83. The smallest absolute Gasteiger partial charge is 0.241 e. The van der Waals surface area contributed by atoms with E-state index >= 15 is 0 Å². The minimum Gasteiger partial charge on any atom is -0.339 e. The maximum absolute atomic E-state index is 13.2. The number of aryl methyl sites for hydroxylation is 1. The fourth-order valence-electron chi connectivity index (χ4n) is 4.47. The summed E-state index contributed by atoms with van der Waals surface area (Å²) in [6, 6.07) is 19.4. The highest BCUT2D eigenvalue weighted by molar-refractivity contribution is 5.82. The minimum absolute atomic E-state index is 0.176. The standard InChI is InChI=1S/C23H30N4O/c1-16-9-11-17(12-10-16)19-14-27(15-22(19)26(2)3)23(28)21-13-20(24-25-21)18-7-5-4-6-8-18/h4-12,19-22,24-25H,13-15H2,1-3H3/t19-,20?,21?,22+/m0/s1. The topological polar surface area (TPSA) is 47.6 Å². The second kappa shape index (κ2) is 8.03. The van der Waals surface area contributed by atoms with Crippen LogP contribution >= 0.6 is 0 Å². The van der Waals surface area contributed by atoms with Crippen LogP contribution in [0.5, 0.6) is 0 Å². The van der Waals surface area contributed by atoms with Crippen molar-refractivity contribution in [1.29, 1.82) is 0 Å². The Kier molecular flexibility index (Phi) is 5.49. The third-order valence-electron chi connectivity index (χ3n) is 6.17. The first-order valence-corrected chi connectivity index (χ1v) is 10.1. The number of nitrogens with zero attached hydrogens (tertiary/aromatic N) is 2. The average Bonchev–Trinajstić information content (AvgIpc) is 3.37. The van der Waals surface area contributed by atoms with E-state index in [1.807, 2.05) is 23.1 Å². The van der Waals surface area contributed by atoms with Crippen LogP contribution in [0.1, 0.15) is 35.1 Å². The van der Waals surface area contributed by atoms with Crippen LogP contribution in [0.15, 0.2) is 54.6 Å². The van der Waals surface area contributed by atoms with Gasteiger partial charge in [-0.2, -0.15) is 0 Å². The molecule has 0 radical (unpaired) electrons. The zero-order chi connectivity index (χ0) is 19.7. The number of rotatable bonds is 4. The lowest BCUT2D eigenvalue weighted by atomic mass is 9.93. The Morgan fingerprint density at radius 1 is 0.964 bits per heavy atom. The van der Waals surface area contributed by atoms with Crippen molar-refractivity contribution in [1.82, 2.24) is 20.7 Å². The highest BCUT2D eigenvalue weighted by Crippen LogP contribution is 2.32. The van der Waals surface area contributed by atoms with Gasteiger partial charge in [-0.15, -0.1) is 0 Å². The quantitative estimate of drug-likeness (QED) is 0.858. The molecule has 0 spiro atoms. The van der Waals surface area contributed by atoms with E-state index in [1.165, 1.54) is 16.7 Å². The van der Waals surface area contributed by atoms with Gasteiger partial charge in [0.15, 0.2) is 0 Å². The van der Waals surface area contributed by atoms with E-state index in [9.17, 15) is 4.79 Å². The Bertz CT molecular complexity index is 805. The molecule has 0 bridgehead atoms. The monoisotopic (exact) mass is 378 g/mol. The molecule has 2 N–H and O–H groups in total. The molecular weight excluding hydrogens is 348 g/mol. The van der Waals surface area contributed by atoms with Gasteiger partial charge in [-0.25, -0.2) is 10.9 Å². The van der Waals surface area contributed by atoms with E-state index in [1.54, 1.807) is 0 Å². The predicted octanol–water partition coefficient (Wildman–Crippen LogP) is 2.46. The van der Waals surface area contributed by atoms with Crippen molar-refractivity contribution in [2.24, 2.45) is 0 Å². The summed E-state index contributed by atoms with van der Waals surface area (Å²) in [6.45, 7) is 3.66. The van der Waals surface area contributed by atoms with Crippen LogP contribution in [0.25, 0.3) is 0 Å². The van der Waals surface area contributed by atoms with Crippen molar-refractivity contribution in [3.8, 4) is 0 Å². The summed E-state index contributed by atoms with van der Waals surface area (Å²) in [5.74, 6) is 0.547. The summed E-state index contributed by atoms with van der Waals surface area (Å²) in [7, 11) is 4.22. The van der Waals surface area contributed by atoms with Crippen molar-refractivity contribution >= 4 is 5.91 Å². The highest BCUT2D eigenvalue weighted by atomic mass is 16.2. The number of likely N-dealkylation sites (tertiary alicyclic amines) is 1. The van der Waals surface area contributed by atoms with Gasteiger partial charge in [0, 0.05) is 31.1 Å². The first-order chi connectivity index (χ1) is 13.5. The van der Waals surface area contributed by atoms with E-state index in [4.69, 9.17) is 0 Å². The molecule has 0 aliphatic carbocycles. The lowest BCUT2D eigenvalue weighted by molar-refractivity contribution is -0.132. The second-order valence-corrected chi connectivity index (χ2v) is 8.33. The van der Waals surface area contributed by atoms with Crippen LogP contribution in [-0.2, 0) is 4.79 Å². The number of likely N-dealkylation sites (N-methyl/N-ethyl adjacent to an activating group) is 1. The first-order valence-electron chi connectivity index (χ1n) is 10.1. The van der Waals surface area contributed by atoms with E-state index < -0.39 is 0 Å². The van der Waals surface area contributed by atoms with Gasteiger partial charge in [-0.1, -0.05) is 60.2 Å². The number of carbonyl (C=O) groups excluding carboxylic acids is 1. The molecule has 2 aliphatic heterocycles. The van der Waals surface area contributed by atoms with Gasteiger partial charge in [0.2, 0.25) is 5.91 Å². The zero-order valence-electron chi connectivity index (χ0n) is 16.9. The number of nitrogens with one attached hydrogen (secondary N) is 2. The maximum atomic E-state index is 13.2. The third-order valence-corrected chi connectivity index (χ3v) is 6.17. The van der Waals surface area contributed by atoms with Gasteiger partial charge < -0.3 is 9.80 Å². The fourth-order valence-corrected chi connectivity index (χ4v) is 4.47. The number of hydrogen-bond acceptors (Lipinski definition) is 4. The van der Waals surface area contributed by atoms with Crippen LogP contribution in [0, 0.1) is 6.92 Å². The summed E-state index contributed by atoms with van der Waals surface area (Å²) in [5, 5.41) is 0. The van der Waals surface area contributed by atoms with Gasteiger partial charge in [0.05, 0.1) is 0 Å². The lowest BCUT2D eigenvalue weighted by Crippen LogP contribution is -2.45. The van der Waals surface area contributed by atoms with E-state index in [0.29, 0.717) is 12.0 Å². The molecule has 0 saturated carbocycles. The summed E-state index contributed by atoms with van der Waals surface area (Å²) in [4.78, 5) is 17.5. The summed E-state index contributed by atoms with van der Waals surface area (Å²) in [5.41, 5.74) is 10.3. The molecule has 148 valence electrons. The van der Waals surface area contributed by atoms with Crippen molar-refractivity contribution in [2.75, 3.05) is 27.2 Å². The molecule has 0 aromatic heterocycles. The SMILES string of the molecule is Cc1ccc([C@@H]2CN(C(=O)C3CC(c4ccccc4)NN3)C[C@H]2N(C)C)cc1. The van der Waals surface area contributed by atoms with Gasteiger partial charge in [0.1, 0.15) is 6.04 Å². The van der Waals surface area contributed by atoms with Crippen LogP contribution in [0.2, 0.25) is 0 Å². The highest BCUT2D eigenvalue weighted by Gasteiger charge is 2.41. The molecule has 2 heterocycles. The molecule has 2 unspecified atom stereocenters. The molecule has 2 aromatic carbocycles. The van der Waals surface area contributed by atoms with Crippen molar-refractivity contribution < 1.29 is 4.79 Å². The number of hydrogen-bond donors (Lipinski definition) is 2. The lowest BCUT2D eigenvalue weighted by Gasteiger charge is -2.25. The molecule has 5 heteroatoms. The van der Waals surface area contributed by atoms with E-state index in [-0.39, 0.29) is 18.0 Å². The normalized spacial score (nSPS) is 27.5. The van der Waals surface area contributed by atoms with Crippen LogP contribution in [0.3, 0.4) is 0 Å². The van der Waals surface area contributed by atoms with E-state index in [2.05, 4.69) is 73.2 Å². The number of carbonyl (C=O) groups is 1. The average molecular weight is 379 g/mol. The molecular formula is C23H30N4O. The van der Waals surface area contributed by atoms with Gasteiger partial charge >= 0.3 is 0 Å². The fraction of sp³-hybridized carbons (Fsp3) is 0.435. The Labute approximate surface area is 167 Å². The van der Waals surface area contributed by atoms with Crippen molar-refractivity contribution in [2.45, 2.75) is 37.4 Å². The van der Waals surface area contributed by atoms with Crippen molar-refractivity contribution in [3.05, 3.63) is 71.3 Å². The molecule has 2 aliphatic rings. The Balaban J connectivity index is 1.45. The first kappa shape index (κ1) is 19.1. The molecule has 2 saturated heterocycles. The van der Waals surface area contributed by atoms with Crippen LogP contribution in [-0.4, -0.2) is 55.0 Å². The Hall–Kier alpha value is -2.21. The summed E-state index contributed by atoms with van der Waals surface area (Å²) < 4.78 is 0. The summed E-state index contributed by atoms with van der Waals surface area (Å²) >= 11 is 0. The van der Waals surface area contributed by atoms with Crippen LogP contribution < -0.4 is 10.9 Å². The zero-order valence-corrected chi connectivity index (χ0v) is 16.9. The molecule has 1 amide bonds. The molecule has 4 atom stereocenters. The number of hydrazine groups is 1. The van der Waals surface area contributed by atoms with Gasteiger partial charge in [-0.3, -0.25) is 4.79 Å². The Morgan fingerprint density at radius 2 is 1.68 bits per heavy atom. The molecule has 2 fully saturated rings. The number of benzene rings is 2. The largest absolute Gasteiger partial charge is 0.339 e. The maximum Gasteiger partial charge on any atom is 0.241 e. The minimum atomic E-state index is -0.176. The second-order valence-electron chi connectivity index (χ2n) is 8.33. The van der Waals surface area contributed by atoms with E-state index in [0.717, 1.165) is 19.5 Å².